The first-order valence-electron chi connectivity index (χ1n) is 11.2. The van der Waals surface area contributed by atoms with Gasteiger partial charge in [0.1, 0.15) is 12.0 Å². The van der Waals surface area contributed by atoms with Crippen molar-refractivity contribution in [3.63, 3.8) is 0 Å². The van der Waals surface area contributed by atoms with Crippen LogP contribution in [0.15, 0.2) is 48.5 Å². The van der Waals surface area contributed by atoms with Crippen molar-refractivity contribution >= 4 is 12.0 Å². The number of nitrogens with zero attached hydrogens (tertiary/aromatic N) is 2. The van der Waals surface area contributed by atoms with E-state index in [2.05, 4.69) is 80.2 Å². The van der Waals surface area contributed by atoms with Crippen molar-refractivity contribution < 1.29 is 9.53 Å². The number of aryl methyl sites for hydroxylation is 1. The minimum Gasteiger partial charge on any atom is -0.497 e. The Balaban J connectivity index is 1.96. The number of rotatable bonds is 7. The molecule has 4 rings (SSSR count). The third-order valence-corrected chi connectivity index (χ3v) is 6.42. The minimum absolute atomic E-state index is 0.416. The highest BCUT2D eigenvalue weighted by molar-refractivity contribution is 5.92. The van der Waals surface area contributed by atoms with E-state index in [1.807, 2.05) is 6.07 Å². The molecule has 0 saturated heterocycles. The maximum Gasteiger partial charge on any atom is 0.124 e. The Morgan fingerprint density at radius 3 is 2.41 bits per heavy atom. The van der Waals surface area contributed by atoms with Crippen molar-refractivity contribution in [1.82, 2.24) is 4.90 Å². The van der Waals surface area contributed by atoms with E-state index in [0.29, 0.717) is 6.42 Å². The molecular weight excluding hydrogens is 396 g/mol. The van der Waals surface area contributed by atoms with Crippen LogP contribution in [0.4, 0.5) is 5.69 Å². The van der Waals surface area contributed by atoms with Crippen LogP contribution in [0.3, 0.4) is 0 Å². The Hall–Kier alpha value is -3.11. The lowest BCUT2D eigenvalue weighted by atomic mass is 9.84. The predicted octanol–water partition coefficient (Wildman–Crippen LogP) is 5.27. The van der Waals surface area contributed by atoms with Gasteiger partial charge in [-0.2, -0.15) is 0 Å². The van der Waals surface area contributed by atoms with E-state index in [0.717, 1.165) is 48.4 Å². The van der Waals surface area contributed by atoms with Crippen LogP contribution in [0.1, 0.15) is 22.3 Å². The van der Waals surface area contributed by atoms with E-state index in [4.69, 9.17) is 4.74 Å². The predicted molar refractivity (Wildman–Crippen MR) is 133 cm³/mol. The van der Waals surface area contributed by atoms with Gasteiger partial charge in [-0.15, -0.1) is 0 Å². The van der Waals surface area contributed by atoms with Gasteiger partial charge in [0.2, 0.25) is 0 Å². The smallest absolute Gasteiger partial charge is 0.124 e. The van der Waals surface area contributed by atoms with E-state index in [-0.39, 0.29) is 0 Å². The van der Waals surface area contributed by atoms with Gasteiger partial charge in [0.15, 0.2) is 0 Å². The van der Waals surface area contributed by atoms with E-state index >= 15 is 0 Å². The summed E-state index contributed by atoms with van der Waals surface area (Å²) < 4.78 is 5.52. The molecule has 0 radical (unpaired) electrons. The number of likely N-dealkylation sites (N-methyl/N-ethyl adjacent to an activating group) is 1. The molecule has 4 heteroatoms. The molecule has 32 heavy (non-hydrogen) atoms. The first-order chi connectivity index (χ1) is 15.4. The van der Waals surface area contributed by atoms with Crippen molar-refractivity contribution in [2.45, 2.75) is 26.8 Å². The van der Waals surface area contributed by atoms with Crippen molar-refractivity contribution in [2.24, 2.45) is 0 Å². The topological polar surface area (TPSA) is 32.8 Å². The highest BCUT2D eigenvalue weighted by atomic mass is 16.5. The largest absolute Gasteiger partial charge is 0.497 e. The lowest BCUT2D eigenvalue weighted by Crippen LogP contribution is -2.34. The SMILES string of the molecule is COc1ccc2c(c1)CN(CCN(C)C)c1c-2cc(-c2ccc(C)cc2)c(CC=O)c1C. The second-order valence-corrected chi connectivity index (χ2v) is 8.91. The number of carbonyl (C=O) groups is 1. The van der Waals surface area contributed by atoms with Gasteiger partial charge in [-0.25, -0.2) is 0 Å². The van der Waals surface area contributed by atoms with Crippen LogP contribution in [0.2, 0.25) is 0 Å². The third-order valence-electron chi connectivity index (χ3n) is 6.42. The van der Waals surface area contributed by atoms with Crippen LogP contribution >= 0.6 is 0 Å². The Labute approximate surface area is 191 Å². The van der Waals surface area contributed by atoms with Gasteiger partial charge in [0.25, 0.3) is 0 Å². The summed E-state index contributed by atoms with van der Waals surface area (Å²) in [5.74, 6) is 0.882. The monoisotopic (exact) mass is 428 g/mol. The van der Waals surface area contributed by atoms with Crippen LogP contribution in [-0.2, 0) is 17.8 Å². The number of benzene rings is 3. The molecule has 0 unspecified atom stereocenters. The summed E-state index contributed by atoms with van der Waals surface area (Å²) >= 11 is 0. The number of hydrogen-bond acceptors (Lipinski definition) is 4. The zero-order valence-electron chi connectivity index (χ0n) is 19.7. The van der Waals surface area contributed by atoms with E-state index in [9.17, 15) is 4.79 Å². The van der Waals surface area contributed by atoms with E-state index in [1.165, 1.54) is 33.5 Å². The van der Waals surface area contributed by atoms with Gasteiger partial charge in [0, 0.05) is 37.3 Å². The molecule has 166 valence electrons. The molecule has 0 N–H and O–H groups in total. The molecule has 0 spiro atoms. The molecule has 1 heterocycles. The second-order valence-electron chi connectivity index (χ2n) is 8.91. The van der Waals surface area contributed by atoms with Crippen LogP contribution in [0.5, 0.6) is 5.75 Å². The Morgan fingerprint density at radius 2 is 1.75 bits per heavy atom. The van der Waals surface area contributed by atoms with Crippen LogP contribution in [0, 0.1) is 13.8 Å². The fourth-order valence-electron chi connectivity index (χ4n) is 4.68. The first kappa shape index (κ1) is 22.1. The molecule has 0 fully saturated rings. The Bertz CT molecular complexity index is 1130. The normalized spacial score (nSPS) is 12.5. The summed E-state index contributed by atoms with van der Waals surface area (Å²) in [6.07, 6.45) is 1.44. The maximum absolute atomic E-state index is 11.7. The first-order valence-corrected chi connectivity index (χ1v) is 11.2. The third kappa shape index (κ3) is 4.15. The lowest BCUT2D eigenvalue weighted by molar-refractivity contribution is -0.107. The molecule has 0 saturated carbocycles. The zero-order chi connectivity index (χ0) is 22.8. The quantitative estimate of drug-likeness (QED) is 0.480. The van der Waals surface area contributed by atoms with Crippen LogP contribution in [-0.4, -0.2) is 45.5 Å². The average molecular weight is 429 g/mol. The van der Waals surface area contributed by atoms with Crippen LogP contribution in [0.25, 0.3) is 22.3 Å². The summed E-state index contributed by atoms with van der Waals surface area (Å²) in [4.78, 5) is 16.3. The molecule has 4 nitrogen and oxygen atoms in total. The maximum atomic E-state index is 11.7. The summed E-state index contributed by atoms with van der Waals surface area (Å²) in [6.45, 7) is 6.98. The molecule has 0 atom stereocenters. The number of hydrogen-bond donors (Lipinski definition) is 0. The number of anilines is 1. The molecule has 3 aromatic rings. The molecule has 0 amide bonds. The van der Waals surface area contributed by atoms with Crippen molar-refractivity contribution in [3.05, 3.63) is 70.8 Å². The molecule has 1 aliphatic heterocycles. The molecular formula is C28H32N2O2. The molecule has 0 aliphatic carbocycles. The molecule has 0 aromatic heterocycles. The fraction of sp³-hybridized carbons (Fsp3) is 0.321. The van der Waals surface area contributed by atoms with Gasteiger partial charge in [-0.1, -0.05) is 35.9 Å². The summed E-state index contributed by atoms with van der Waals surface area (Å²) in [5.41, 5.74) is 10.8. The van der Waals surface area contributed by atoms with Gasteiger partial charge in [0.05, 0.1) is 7.11 Å². The van der Waals surface area contributed by atoms with Gasteiger partial charge in [-0.3, -0.25) is 0 Å². The Kier molecular flexibility index (Phi) is 6.33. The molecule has 0 bridgehead atoms. The molecule has 1 aliphatic rings. The zero-order valence-corrected chi connectivity index (χ0v) is 19.7. The lowest BCUT2D eigenvalue weighted by Gasteiger charge is -2.36. The second kappa shape index (κ2) is 9.17. The van der Waals surface area contributed by atoms with Gasteiger partial charge < -0.3 is 19.3 Å². The van der Waals surface area contributed by atoms with Crippen molar-refractivity contribution in [3.8, 4) is 28.0 Å². The fourth-order valence-corrected chi connectivity index (χ4v) is 4.68. The van der Waals surface area contributed by atoms with Crippen molar-refractivity contribution in [1.29, 1.82) is 0 Å². The highest BCUT2D eigenvalue weighted by Crippen LogP contribution is 2.46. The van der Waals surface area contributed by atoms with E-state index < -0.39 is 0 Å². The summed E-state index contributed by atoms with van der Waals surface area (Å²) in [7, 11) is 5.92. The van der Waals surface area contributed by atoms with Crippen LogP contribution < -0.4 is 9.64 Å². The summed E-state index contributed by atoms with van der Waals surface area (Å²) in [6, 6.07) is 17.2. The number of ether oxygens (including phenoxy) is 1. The highest BCUT2D eigenvalue weighted by Gasteiger charge is 2.27. The van der Waals surface area contributed by atoms with Gasteiger partial charge >= 0.3 is 0 Å². The van der Waals surface area contributed by atoms with E-state index in [1.54, 1.807) is 7.11 Å². The number of aldehydes is 1. The number of methoxy groups -OCH3 is 1. The summed E-state index contributed by atoms with van der Waals surface area (Å²) in [5, 5.41) is 0. The standard InChI is InChI=1S/C28H32N2O2/c1-19-6-8-21(9-7-19)26-17-27-25-11-10-23(32-5)16-22(25)18-30(14-13-29(3)4)28(27)20(2)24(26)12-15-31/h6-11,15-17H,12-14,18H2,1-5H3. The molecule has 3 aromatic carbocycles. The Morgan fingerprint density at radius 1 is 1.00 bits per heavy atom. The number of carbonyl (C=O) groups excluding carboxylic acids is 1. The average Bonchev–Trinajstić information content (AvgIpc) is 2.79. The van der Waals surface area contributed by atoms with Gasteiger partial charge in [-0.05, 0) is 79.5 Å². The number of fused-ring (bicyclic) bond motifs is 3. The van der Waals surface area contributed by atoms with Crippen molar-refractivity contribution in [2.75, 3.05) is 39.2 Å². The minimum atomic E-state index is 0.416.